The molecule has 0 saturated carbocycles. The van der Waals surface area contributed by atoms with Crippen molar-refractivity contribution in [2.75, 3.05) is 25.5 Å². The van der Waals surface area contributed by atoms with Crippen LogP contribution in [0.2, 0.25) is 5.02 Å². The first-order valence-corrected chi connectivity index (χ1v) is 5.92. The molecule has 1 aromatic heterocycles. The molecule has 0 unspecified atom stereocenters. The van der Waals surface area contributed by atoms with E-state index in [4.69, 9.17) is 11.6 Å². The molecule has 1 heterocycles. The predicted molar refractivity (Wildman–Crippen MR) is 70.1 cm³/mol. The van der Waals surface area contributed by atoms with Crippen LogP contribution in [0.3, 0.4) is 0 Å². The Morgan fingerprint density at radius 2 is 2.19 bits per heavy atom. The first-order valence-electron chi connectivity index (χ1n) is 5.54. The van der Waals surface area contributed by atoms with Crippen LogP contribution in [0.4, 0.5) is 5.82 Å². The lowest BCUT2D eigenvalue weighted by Gasteiger charge is -2.21. The smallest absolute Gasteiger partial charge is 0.147 e. The van der Waals surface area contributed by atoms with Crippen LogP contribution in [0, 0.1) is 5.92 Å². The number of nitrogens with one attached hydrogen (secondary N) is 1. The molecule has 16 heavy (non-hydrogen) atoms. The van der Waals surface area contributed by atoms with Gasteiger partial charge in [0, 0.05) is 26.3 Å². The number of aromatic nitrogens is 1. The minimum Gasteiger partial charge on any atom is -0.358 e. The molecule has 90 valence electrons. The maximum atomic E-state index is 6.21. The fraction of sp³-hybridized carbons (Fsp3) is 0.583. The van der Waals surface area contributed by atoms with E-state index in [2.05, 4.69) is 29.0 Å². The standard InChI is InChI=1S/C12H20ClN3/c1-9(2)8-16(4)12-11(13)5-10(6-14-3)7-15-12/h5,7,9,14H,6,8H2,1-4H3. The monoisotopic (exact) mass is 241 g/mol. The molecule has 0 saturated heterocycles. The summed E-state index contributed by atoms with van der Waals surface area (Å²) in [5, 5.41) is 3.80. The molecule has 0 fully saturated rings. The Balaban J connectivity index is 2.81. The van der Waals surface area contributed by atoms with Gasteiger partial charge in [-0.05, 0) is 24.6 Å². The van der Waals surface area contributed by atoms with Crippen LogP contribution in [0.1, 0.15) is 19.4 Å². The van der Waals surface area contributed by atoms with Gasteiger partial charge in [-0.15, -0.1) is 0 Å². The summed E-state index contributed by atoms with van der Waals surface area (Å²) < 4.78 is 0. The molecule has 4 heteroatoms. The summed E-state index contributed by atoms with van der Waals surface area (Å²) in [6.45, 7) is 6.11. The fourth-order valence-electron chi connectivity index (χ4n) is 1.69. The van der Waals surface area contributed by atoms with Crippen LogP contribution in [0.15, 0.2) is 12.3 Å². The third kappa shape index (κ3) is 3.65. The van der Waals surface area contributed by atoms with Gasteiger partial charge in [-0.25, -0.2) is 4.98 Å². The van der Waals surface area contributed by atoms with Crippen molar-refractivity contribution in [2.24, 2.45) is 5.92 Å². The molecular formula is C12H20ClN3. The minimum absolute atomic E-state index is 0.597. The fourth-order valence-corrected chi connectivity index (χ4v) is 2.02. The van der Waals surface area contributed by atoms with Crippen LogP contribution in [0.5, 0.6) is 0 Å². The van der Waals surface area contributed by atoms with Gasteiger partial charge < -0.3 is 10.2 Å². The summed E-state index contributed by atoms with van der Waals surface area (Å²) in [5.41, 5.74) is 1.11. The van der Waals surface area contributed by atoms with Crippen molar-refractivity contribution in [1.82, 2.24) is 10.3 Å². The highest BCUT2D eigenvalue weighted by atomic mass is 35.5. The van der Waals surface area contributed by atoms with E-state index in [1.54, 1.807) is 0 Å². The Morgan fingerprint density at radius 1 is 1.50 bits per heavy atom. The maximum absolute atomic E-state index is 6.21. The number of anilines is 1. The first-order chi connectivity index (χ1) is 7.54. The highest BCUT2D eigenvalue weighted by molar-refractivity contribution is 6.33. The molecule has 0 bridgehead atoms. The van der Waals surface area contributed by atoms with Gasteiger partial charge in [-0.2, -0.15) is 0 Å². The van der Waals surface area contributed by atoms with Crippen molar-refractivity contribution >= 4 is 17.4 Å². The molecule has 1 N–H and O–H groups in total. The minimum atomic E-state index is 0.597. The van der Waals surface area contributed by atoms with Gasteiger partial charge in [0.15, 0.2) is 0 Å². The summed E-state index contributed by atoms with van der Waals surface area (Å²) in [6.07, 6.45) is 1.87. The molecule has 0 atom stereocenters. The van der Waals surface area contributed by atoms with Gasteiger partial charge in [0.2, 0.25) is 0 Å². The third-order valence-corrected chi connectivity index (χ3v) is 2.54. The van der Waals surface area contributed by atoms with Gasteiger partial charge >= 0.3 is 0 Å². The lowest BCUT2D eigenvalue weighted by atomic mass is 10.2. The van der Waals surface area contributed by atoms with Gasteiger partial charge in [-0.1, -0.05) is 25.4 Å². The quantitative estimate of drug-likeness (QED) is 0.859. The molecule has 0 aliphatic carbocycles. The zero-order valence-electron chi connectivity index (χ0n) is 10.4. The van der Waals surface area contributed by atoms with Crippen molar-refractivity contribution in [1.29, 1.82) is 0 Å². The lowest BCUT2D eigenvalue weighted by Crippen LogP contribution is -2.23. The molecule has 0 aliphatic heterocycles. The third-order valence-electron chi connectivity index (χ3n) is 2.26. The average Bonchev–Trinajstić information content (AvgIpc) is 2.16. The highest BCUT2D eigenvalue weighted by Crippen LogP contribution is 2.23. The highest BCUT2D eigenvalue weighted by Gasteiger charge is 2.09. The van der Waals surface area contributed by atoms with Gasteiger partial charge in [0.25, 0.3) is 0 Å². The molecular weight excluding hydrogens is 222 g/mol. The van der Waals surface area contributed by atoms with E-state index in [1.807, 2.05) is 26.4 Å². The zero-order valence-corrected chi connectivity index (χ0v) is 11.2. The normalized spacial score (nSPS) is 10.9. The molecule has 1 rings (SSSR count). The number of nitrogens with zero attached hydrogens (tertiary/aromatic N) is 2. The Labute approximate surface area is 103 Å². The lowest BCUT2D eigenvalue weighted by molar-refractivity contribution is 0.634. The van der Waals surface area contributed by atoms with E-state index in [1.165, 1.54) is 0 Å². The molecule has 0 spiro atoms. The van der Waals surface area contributed by atoms with E-state index in [0.717, 1.165) is 29.5 Å². The number of pyridine rings is 1. The largest absolute Gasteiger partial charge is 0.358 e. The van der Waals surface area contributed by atoms with Crippen molar-refractivity contribution in [3.63, 3.8) is 0 Å². The van der Waals surface area contributed by atoms with Crippen LogP contribution >= 0.6 is 11.6 Å². The first kappa shape index (κ1) is 13.3. The summed E-state index contributed by atoms with van der Waals surface area (Å²) in [5.74, 6) is 1.45. The van der Waals surface area contributed by atoms with Gasteiger partial charge in [-0.3, -0.25) is 0 Å². The molecule has 1 aromatic rings. The van der Waals surface area contributed by atoms with E-state index >= 15 is 0 Å². The van der Waals surface area contributed by atoms with Crippen LogP contribution < -0.4 is 10.2 Å². The van der Waals surface area contributed by atoms with E-state index in [-0.39, 0.29) is 0 Å². The summed E-state index contributed by atoms with van der Waals surface area (Å²) in [4.78, 5) is 6.50. The van der Waals surface area contributed by atoms with E-state index in [0.29, 0.717) is 5.92 Å². The van der Waals surface area contributed by atoms with E-state index < -0.39 is 0 Å². The van der Waals surface area contributed by atoms with E-state index in [9.17, 15) is 0 Å². The molecule has 3 nitrogen and oxygen atoms in total. The Morgan fingerprint density at radius 3 is 2.69 bits per heavy atom. The van der Waals surface area contributed by atoms with Crippen molar-refractivity contribution in [3.8, 4) is 0 Å². The van der Waals surface area contributed by atoms with Gasteiger partial charge in [0.1, 0.15) is 5.82 Å². The topological polar surface area (TPSA) is 28.2 Å². The molecule has 0 aliphatic rings. The van der Waals surface area contributed by atoms with Crippen LogP contribution in [-0.2, 0) is 6.54 Å². The van der Waals surface area contributed by atoms with Crippen LogP contribution in [0.25, 0.3) is 0 Å². The number of hydrogen-bond acceptors (Lipinski definition) is 3. The summed E-state index contributed by atoms with van der Waals surface area (Å²) >= 11 is 6.21. The second-order valence-corrected chi connectivity index (χ2v) is 4.86. The second kappa shape index (κ2) is 6.06. The van der Waals surface area contributed by atoms with Crippen molar-refractivity contribution in [3.05, 3.63) is 22.8 Å². The molecule has 0 aromatic carbocycles. The van der Waals surface area contributed by atoms with Crippen LogP contribution in [-0.4, -0.2) is 25.6 Å². The molecule has 0 radical (unpaired) electrons. The maximum Gasteiger partial charge on any atom is 0.147 e. The summed E-state index contributed by atoms with van der Waals surface area (Å²) in [6, 6.07) is 1.97. The van der Waals surface area contributed by atoms with Crippen molar-refractivity contribution in [2.45, 2.75) is 20.4 Å². The number of rotatable bonds is 5. The Bertz CT molecular complexity index is 339. The summed E-state index contributed by atoms with van der Waals surface area (Å²) in [7, 11) is 3.93. The van der Waals surface area contributed by atoms with Gasteiger partial charge in [0.05, 0.1) is 5.02 Å². The SMILES string of the molecule is CNCc1cnc(N(C)CC(C)C)c(Cl)c1. The number of halogens is 1. The number of hydrogen-bond donors (Lipinski definition) is 1. The Hall–Kier alpha value is -0.800. The molecule has 0 amide bonds. The Kier molecular flexibility index (Phi) is 5.03. The zero-order chi connectivity index (χ0) is 12.1. The predicted octanol–water partition coefficient (Wildman–Crippen LogP) is 2.55. The second-order valence-electron chi connectivity index (χ2n) is 4.45. The van der Waals surface area contributed by atoms with Crippen molar-refractivity contribution < 1.29 is 0 Å². The average molecular weight is 242 g/mol.